The third-order valence-corrected chi connectivity index (χ3v) is 5.23. The van der Waals surface area contributed by atoms with E-state index in [-0.39, 0.29) is 24.4 Å². The highest BCUT2D eigenvalue weighted by atomic mass is 16.6. The second kappa shape index (κ2) is 8.55. The monoisotopic (exact) mass is 416 g/mol. The van der Waals surface area contributed by atoms with Crippen molar-refractivity contribution in [3.8, 4) is 11.4 Å². The zero-order valence-electron chi connectivity index (χ0n) is 17.8. The summed E-state index contributed by atoms with van der Waals surface area (Å²) in [7, 11) is 0. The number of anilines is 1. The Kier molecular flexibility index (Phi) is 5.85. The molecule has 2 atom stereocenters. The van der Waals surface area contributed by atoms with Crippen LogP contribution in [-0.2, 0) is 9.47 Å². The fraction of sp³-hybridized carbons (Fsp3) is 0.650. The van der Waals surface area contributed by atoms with Crippen LogP contribution in [0.4, 0.5) is 10.7 Å². The molecule has 10 heteroatoms. The Hall–Kier alpha value is -2.75. The summed E-state index contributed by atoms with van der Waals surface area (Å²) in [4.78, 5) is 28.9. The fourth-order valence-corrected chi connectivity index (χ4v) is 3.53. The van der Waals surface area contributed by atoms with Gasteiger partial charge in [0.05, 0.1) is 30.9 Å². The molecule has 162 valence electrons. The van der Waals surface area contributed by atoms with E-state index in [9.17, 15) is 4.79 Å². The zero-order valence-corrected chi connectivity index (χ0v) is 17.8. The average molecular weight is 416 g/mol. The molecule has 2 unspecified atom stereocenters. The summed E-state index contributed by atoms with van der Waals surface area (Å²) in [5, 5.41) is 4.03. The van der Waals surface area contributed by atoms with Crippen LogP contribution in [0.5, 0.6) is 0 Å². The van der Waals surface area contributed by atoms with Gasteiger partial charge in [-0.2, -0.15) is 4.98 Å². The Morgan fingerprint density at radius 3 is 2.57 bits per heavy atom. The molecule has 2 fully saturated rings. The number of carbonyl (C=O) groups is 1. The van der Waals surface area contributed by atoms with Crippen LogP contribution in [0.25, 0.3) is 11.4 Å². The van der Waals surface area contributed by atoms with Gasteiger partial charge in [-0.25, -0.2) is 14.8 Å². The van der Waals surface area contributed by atoms with Gasteiger partial charge in [-0.1, -0.05) is 12.1 Å². The second-order valence-corrected chi connectivity index (χ2v) is 8.31. The van der Waals surface area contributed by atoms with Gasteiger partial charge in [0.2, 0.25) is 11.8 Å². The van der Waals surface area contributed by atoms with E-state index < -0.39 is 0 Å². The molecule has 0 bridgehead atoms. The Morgan fingerprint density at radius 2 is 1.93 bits per heavy atom. The van der Waals surface area contributed by atoms with E-state index in [1.807, 2.05) is 20.8 Å². The van der Waals surface area contributed by atoms with Crippen LogP contribution in [0.3, 0.4) is 0 Å². The number of hydrogen-bond donors (Lipinski definition) is 0. The number of nitrogens with zero attached hydrogens (tertiary/aromatic N) is 6. The molecule has 10 nitrogen and oxygen atoms in total. The molecule has 30 heavy (non-hydrogen) atoms. The van der Waals surface area contributed by atoms with Gasteiger partial charge in [0.15, 0.2) is 0 Å². The van der Waals surface area contributed by atoms with Crippen LogP contribution in [-0.4, -0.2) is 69.5 Å². The Balaban J connectivity index is 1.30. The lowest BCUT2D eigenvalue weighted by atomic mass is 10.2. The minimum absolute atomic E-state index is 0.0828. The Morgan fingerprint density at radius 1 is 1.20 bits per heavy atom. The number of hydrogen-bond acceptors (Lipinski definition) is 9. The maximum atomic E-state index is 11.8. The molecule has 2 aromatic heterocycles. The van der Waals surface area contributed by atoms with Gasteiger partial charge in [-0.3, -0.25) is 0 Å². The van der Waals surface area contributed by atoms with Crippen LogP contribution in [0.2, 0.25) is 0 Å². The summed E-state index contributed by atoms with van der Waals surface area (Å²) in [5.41, 5.74) is 0.694. The SMILES string of the molecule is CC1CCN(c2ncc(-c3noc(C(C)OC4CN(C(=O)OC(C)C)C4)n3)cn2)C1. The minimum Gasteiger partial charge on any atom is -0.447 e. The third-order valence-electron chi connectivity index (χ3n) is 5.23. The molecule has 0 spiro atoms. The van der Waals surface area contributed by atoms with Crippen molar-refractivity contribution in [1.29, 1.82) is 0 Å². The van der Waals surface area contributed by atoms with Crippen LogP contribution >= 0.6 is 0 Å². The molecule has 0 saturated carbocycles. The molecule has 0 aliphatic carbocycles. The number of rotatable bonds is 6. The van der Waals surface area contributed by atoms with Crippen LogP contribution in [0.15, 0.2) is 16.9 Å². The molecule has 2 saturated heterocycles. The van der Waals surface area contributed by atoms with Crippen molar-refractivity contribution in [2.75, 3.05) is 31.1 Å². The molecular formula is C20H28N6O4. The molecule has 1 amide bonds. The van der Waals surface area contributed by atoms with E-state index in [2.05, 4.69) is 31.9 Å². The highest BCUT2D eigenvalue weighted by molar-refractivity contribution is 5.68. The maximum Gasteiger partial charge on any atom is 0.410 e. The zero-order chi connectivity index (χ0) is 21.3. The fourth-order valence-electron chi connectivity index (χ4n) is 3.53. The molecule has 2 aromatic rings. The molecule has 4 rings (SSSR count). The first-order valence-corrected chi connectivity index (χ1v) is 10.4. The molecule has 2 aliphatic rings. The quantitative estimate of drug-likeness (QED) is 0.702. The average Bonchev–Trinajstić information content (AvgIpc) is 3.33. The summed E-state index contributed by atoms with van der Waals surface area (Å²) >= 11 is 0. The largest absolute Gasteiger partial charge is 0.447 e. The molecule has 0 aromatic carbocycles. The molecular weight excluding hydrogens is 388 g/mol. The van der Waals surface area contributed by atoms with E-state index in [4.69, 9.17) is 14.0 Å². The summed E-state index contributed by atoms with van der Waals surface area (Å²) in [6.07, 6.45) is 3.68. The van der Waals surface area contributed by atoms with Crippen molar-refractivity contribution in [1.82, 2.24) is 25.0 Å². The van der Waals surface area contributed by atoms with E-state index in [1.165, 1.54) is 0 Å². The normalized spacial score (nSPS) is 20.5. The van der Waals surface area contributed by atoms with Crippen molar-refractivity contribution in [2.24, 2.45) is 5.92 Å². The van der Waals surface area contributed by atoms with Gasteiger partial charge in [-0.05, 0) is 33.1 Å². The van der Waals surface area contributed by atoms with Crippen LogP contribution in [0.1, 0.15) is 46.1 Å². The summed E-state index contributed by atoms with van der Waals surface area (Å²) in [6.45, 7) is 10.7. The van der Waals surface area contributed by atoms with Crippen molar-refractivity contribution in [3.05, 3.63) is 18.3 Å². The van der Waals surface area contributed by atoms with Gasteiger partial charge < -0.3 is 23.8 Å². The first kappa shape index (κ1) is 20.5. The number of carbonyl (C=O) groups excluding carboxylic acids is 1. The number of likely N-dealkylation sites (tertiary alicyclic amines) is 1. The summed E-state index contributed by atoms with van der Waals surface area (Å²) in [6, 6.07) is 0. The van der Waals surface area contributed by atoms with Gasteiger partial charge >= 0.3 is 6.09 Å². The third kappa shape index (κ3) is 4.53. The molecule has 2 aliphatic heterocycles. The van der Waals surface area contributed by atoms with E-state index in [0.29, 0.717) is 36.3 Å². The van der Waals surface area contributed by atoms with Crippen LogP contribution < -0.4 is 4.90 Å². The number of aromatic nitrogens is 4. The van der Waals surface area contributed by atoms with Gasteiger partial charge in [0.25, 0.3) is 5.89 Å². The lowest BCUT2D eigenvalue weighted by Crippen LogP contribution is -2.55. The second-order valence-electron chi connectivity index (χ2n) is 8.31. The molecule has 4 heterocycles. The van der Waals surface area contributed by atoms with Crippen molar-refractivity contribution >= 4 is 12.0 Å². The lowest BCUT2D eigenvalue weighted by Gasteiger charge is -2.39. The Bertz CT molecular complexity index is 864. The van der Waals surface area contributed by atoms with Crippen molar-refractivity contribution in [2.45, 2.75) is 52.4 Å². The van der Waals surface area contributed by atoms with E-state index >= 15 is 0 Å². The van der Waals surface area contributed by atoms with Crippen LogP contribution in [0, 0.1) is 5.92 Å². The van der Waals surface area contributed by atoms with Gasteiger partial charge in [0.1, 0.15) is 6.10 Å². The standard InChI is InChI=1S/C20H28N6O4/c1-12(2)28-20(27)26-10-16(11-26)29-14(4)18-23-17(24-30-18)15-7-21-19(22-8-15)25-6-5-13(3)9-25/h7-8,12-14,16H,5-6,9-11H2,1-4H3. The maximum absolute atomic E-state index is 11.8. The predicted octanol–water partition coefficient (Wildman–Crippen LogP) is 2.68. The smallest absolute Gasteiger partial charge is 0.410 e. The minimum atomic E-state index is -0.384. The predicted molar refractivity (Wildman–Crippen MR) is 108 cm³/mol. The number of ether oxygens (including phenoxy) is 2. The van der Waals surface area contributed by atoms with Crippen molar-refractivity contribution in [3.63, 3.8) is 0 Å². The first-order chi connectivity index (χ1) is 14.4. The van der Waals surface area contributed by atoms with E-state index in [0.717, 1.165) is 25.5 Å². The van der Waals surface area contributed by atoms with Crippen molar-refractivity contribution < 1.29 is 18.8 Å². The Labute approximate surface area is 175 Å². The highest BCUT2D eigenvalue weighted by Crippen LogP contribution is 2.25. The number of amides is 1. The lowest BCUT2D eigenvalue weighted by molar-refractivity contribution is -0.0916. The topological polar surface area (TPSA) is 107 Å². The van der Waals surface area contributed by atoms with E-state index in [1.54, 1.807) is 17.3 Å². The molecule has 0 N–H and O–H groups in total. The van der Waals surface area contributed by atoms with Gasteiger partial charge in [0, 0.05) is 25.5 Å². The molecule has 0 radical (unpaired) electrons. The highest BCUT2D eigenvalue weighted by Gasteiger charge is 2.35. The van der Waals surface area contributed by atoms with Gasteiger partial charge in [-0.15, -0.1) is 0 Å². The first-order valence-electron chi connectivity index (χ1n) is 10.4. The summed E-state index contributed by atoms with van der Waals surface area (Å²) in [5.74, 6) is 2.20. The summed E-state index contributed by atoms with van der Waals surface area (Å²) < 4.78 is 16.5.